The number of hydrogen-bond donors (Lipinski definition) is 1. The Bertz CT molecular complexity index is 1250. The van der Waals surface area contributed by atoms with Crippen molar-refractivity contribution in [2.75, 3.05) is 32.9 Å². The SMILES string of the molecule is CCS(=O)(=O)c1ccc(Cl)cc1CNC(=O)c1cc(Cl)c(CN2CCC[C@@H](N(C)C)C2)c(C(F)(F)F)c1. The van der Waals surface area contributed by atoms with Gasteiger partial charge in [0.25, 0.3) is 5.91 Å². The first kappa shape index (κ1) is 29.7. The van der Waals surface area contributed by atoms with Gasteiger partial charge in [0, 0.05) is 41.3 Å². The highest BCUT2D eigenvalue weighted by Gasteiger charge is 2.36. The Hall–Kier alpha value is -1.85. The van der Waals surface area contributed by atoms with Crippen molar-refractivity contribution >= 4 is 38.9 Å². The van der Waals surface area contributed by atoms with Gasteiger partial charge in [0.1, 0.15) is 0 Å². The summed E-state index contributed by atoms with van der Waals surface area (Å²) in [5.74, 6) is -0.974. The van der Waals surface area contributed by atoms with Crippen molar-refractivity contribution < 1.29 is 26.4 Å². The van der Waals surface area contributed by atoms with E-state index in [-0.39, 0.29) is 56.5 Å². The van der Waals surface area contributed by atoms with Crippen molar-refractivity contribution in [3.63, 3.8) is 0 Å². The third-order valence-electron chi connectivity index (χ3n) is 6.53. The first-order valence-corrected chi connectivity index (χ1v) is 14.2. The van der Waals surface area contributed by atoms with Crippen molar-refractivity contribution in [3.8, 4) is 0 Å². The molecule has 1 heterocycles. The number of rotatable bonds is 8. The zero-order valence-electron chi connectivity index (χ0n) is 20.8. The molecule has 1 amide bonds. The van der Waals surface area contributed by atoms with Crippen LogP contribution in [-0.2, 0) is 29.1 Å². The van der Waals surface area contributed by atoms with Gasteiger partial charge in [-0.15, -0.1) is 0 Å². The average molecular weight is 581 g/mol. The summed E-state index contributed by atoms with van der Waals surface area (Å²) in [6, 6.07) is 6.42. The van der Waals surface area contributed by atoms with Crippen LogP contribution in [0.25, 0.3) is 0 Å². The van der Waals surface area contributed by atoms with E-state index in [0.717, 1.165) is 18.9 Å². The van der Waals surface area contributed by atoms with Crippen molar-refractivity contribution in [2.45, 2.75) is 50.0 Å². The van der Waals surface area contributed by atoms with E-state index in [4.69, 9.17) is 23.2 Å². The van der Waals surface area contributed by atoms with Crippen molar-refractivity contribution in [2.24, 2.45) is 0 Å². The third-order valence-corrected chi connectivity index (χ3v) is 8.93. The smallest absolute Gasteiger partial charge is 0.348 e. The molecule has 204 valence electrons. The van der Waals surface area contributed by atoms with Gasteiger partial charge in [-0.05, 0) is 74.9 Å². The summed E-state index contributed by atoms with van der Waals surface area (Å²) in [5.41, 5.74) is -1.07. The number of nitrogens with one attached hydrogen (secondary N) is 1. The summed E-state index contributed by atoms with van der Waals surface area (Å²) in [6.07, 6.45) is -2.89. The fourth-order valence-electron chi connectivity index (χ4n) is 4.42. The molecule has 0 radical (unpaired) electrons. The number of piperidine rings is 1. The summed E-state index contributed by atoms with van der Waals surface area (Å²) >= 11 is 12.3. The number of amides is 1. The topological polar surface area (TPSA) is 69.7 Å². The molecule has 2 aromatic carbocycles. The van der Waals surface area contributed by atoms with Crippen molar-refractivity contribution in [1.29, 1.82) is 0 Å². The molecule has 3 rings (SSSR count). The standard InChI is InChI=1S/C25H30Cl2F3N3O3S/c1-4-37(35,36)23-8-7-18(26)10-17(23)13-31-24(34)16-11-21(25(28,29)30)20(22(27)12-16)15-33-9-5-6-19(14-33)32(2)3/h7-8,10-12,19H,4-6,9,13-15H2,1-3H3,(H,31,34)/t19-/m1/s1. The highest BCUT2D eigenvalue weighted by Crippen LogP contribution is 2.37. The number of benzene rings is 2. The van der Waals surface area contributed by atoms with Gasteiger partial charge in [0.05, 0.1) is 16.2 Å². The van der Waals surface area contributed by atoms with E-state index in [0.29, 0.717) is 13.1 Å². The van der Waals surface area contributed by atoms with Crippen LogP contribution in [0.1, 0.15) is 46.8 Å². The predicted molar refractivity (Wildman–Crippen MR) is 139 cm³/mol. The normalized spacial score (nSPS) is 17.3. The minimum Gasteiger partial charge on any atom is -0.348 e. The van der Waals surface area contributed by atoms with Crippen LogP contribution in [0.2, 0.25) is 10.0 Å². The molecule has 0 aliphatic carbocycles. The van der Waals surface area contributed by atoms with Crippen molar-refractivity contribution in [1.82, 2.24) is 15.1 Å². The maximum absolute atomic E-state index is 14.1. The fraction of sp³-hybridized carbons (Fsp3) is 0.480. The molecule has 1 aliphatic rings. The highest BCUT2D eigenvalue weighted by molar-refractivity contribution is 7.91. The average Bonchev–Trinajstić information content (AvgIpc) is 2.82. The number of carbonyl (C=O) groups excluding carboxylic acids is 1. The summed E-state index contributed by atoms with van der Waals surface area (Å²) in [6.45, 7) is 2.53. The van der Waals surface area contributed by atoms with Gasteiger partial charge in [-0.25, -0.2) is 8.42 Å². The van der Waals surface area contributed by atoms with E-state index < -0.39 is 27.5 Å². The molecule has 0 saturated carbocycles. The quantitative estimate of drug-likeness (QED) is 0.462. The largest absolute Gasteiger partial charge is 0.416 e. The van der Waals surface area contributed by atoms with E-state index in [1.165, 1.54) is 31.2 Å². The van der Waals surface area contributed by atoms with Crippen LogP contribution < -0.4 is 5.32 Å². The predicted octanol–water partition coefficient (Wildman–Crippen LogP) is 5.26. The number of carbonyl (C=O) groups is 1. The molecule has 0 aromatic heterocycles. The molecule has 1 N–H and O–H groups in total. The molecule has 2 aromatic rings. The maximum atomic E-state index is 14.1. The van der Waals surface area contributed by atoms with Crippen LogP contribution >= 0.6 is 23.2 Å². The number of likely N-dealkylation sites (N-methyl/N-ethyl adjacent to an activating group) is 1. The minimum atomic E-state index is -4.72. The van der Waals surface area contributed by atoms with E-state index in [1.807, 2.05) is 19.0 Å². The van der Waals surface area contributed by atoms with E-state index >= 15 is 0 Å². The third kappa shape index (κ3) is 7.38. The van der Waals surface area contributed by atoms with Crippen LogP contribution in [0.15, 0.2) is 35.2 Å². The van der Waals surface area contributed by atoms with Crippen LogP contribution in [-0.4, -0.2) is 63.1 Å². The molecule has 1 atom stereocenters. The highest BCUT2D eigenvalue weighted by atomic mass is 35.5. The molecule has 0 spiro atoms. The lowest BCUT2D eigenvalue weighted by molar-refractivity contribution is -0.138. The Morgan fingerprint density at radius 1 is 1.19 bits per heavy atom. The number of hydrogen-bond acceptors (Lipinski definition) is 5. The number of likely N-dealkylation sites (tertiary alicyclic amines) is 1. The first-order chi connectivity index (χ1) is 17.2. The second-order valence-electron chi connectivity index (χ2n) is 9.31. The number of nitrogens with zero attached hydrogens (tertiary/aromatic N) is 2. The lowest BCUT2D eigenvalue weighted by Crippen LogP contribution is -2.44. The monoisotopic (exact) mass is 579 g/mol. The fourth-order valence-corrected chi connectivity index (χ4v) is 6.01. The van der Waals surface area contributed by atoms with Crippen LogP contribution in [0, 0.1) is 0 Å². The van der Waals surface area contributed by atoms with Gasteiger partial charge in [0.15, 0.2) is 9.84 Å². The number of sulfone groups is 1. The molecule has 6 nitrogen and oxygen atoms in total. The van der Waals surface area contributed by atoms with E-state index in [1.54, 1.807) is 0 Å². The molecule has 12 heteroatoms. The first-order valence-electron chi connectivity index (χ1n) is 11.8. The molecule has 1 fully saturated rings. The zero-order valence-corrected chi connectivity index (χ0v) is 23.2. The molecule has 0 unspecified atom stereocenters. The second-order valence-corrected chi connectivity index (χ2v) is 12.4. The molecule has 1 saturated heterocycles. The second kappa shape index (κ2) is 11.9. The van der Waals surface area contributed by atoms with Gasteiger partial charge >= 0.3 is 6.18 Å². The maximum Gasteiger partial charge on any atom is 0.416 e. The Morgan fingerprint density at radius 2 is 1.89 bits per heavy atom. The molecule has 37 heavy (non-hydrogen) atoms. The van der Waals surface area contributed by atoms with Gasteiger partial charge in [0.2, 0.25) is 0 Å². The minimum absolute atomic E-state index is 0.00150. The summed E-state index contributed by atoms with van der Waals surface area (Å²) in [5, 5.41) is 2.62. The molecular formula is C25H30Cl2F3N3O3S. The van der Waals surface area contributed by atoms with Crippen LogP contribution in [0.3, 0.4) is 0 Å². The lowest BCUT2D eigenvalue weighted by Gasteiger charge is -2.36. The lowest BCUT2D eigenvalue weighted by atomic mass is 9.99. The summed E-state index contributed by atoms with van der Waals surface area (Å²) in [4.78, 5) is 16.9. The Morgan fingerprint density at radius 3 is 2.51 bits per heavy atom. The van der Waals surface area contributed by atoms with E-state index in [2.05, 4.69) is 10.2 Å². The van der Waals surface area contributed by atoms with Gasteiger partial charge in [-0.2, -0.15) is 13.2 Å². The molecule has 1 aliphatic heterocycles. The van der Waals surface area contributed by atoms with Gasteiger partial charge in [-0.1, -0.05) is 30.1 Å². The van der Waals surface area contributed by atoms with Crippen LogP contribution in [0.4, 0.5) is 13.2 Å². The Kier molecular flexibility index (Phi) is 9.56. The Balaban J connectivity index is 1.86. The number of halogens is 5. The summed E-state index contributed by atoms with van der Waals surface area (Å²) in [7, 11) is 0.281. The summed E-state index contributed by atoms with van der Waals surface area (Å²) < 4.78 is 67.0. The van der Waals surface area contributed by atoms with Crippen molar-refractivity contribution in [3.05, 3.63) is 62.6 Å². The van der Waals surface area contributed by atoms with Gasteiger partial charge in [-0.3, -0.25) is 9.69 Å². The molecular weight excluding hydrogens is 550 g/mol. The zero-order chi connectivity index (χ0) is 27.5. The molecule has 0 bridgehead atoms. The van der Waals surface area contributed by atoms with Gasteiger partial charge < -0.3 is 10.2 Å². The van der Waals surface area contributed by atoms with E-state index in [9.17, 15) is 26.4 Å². The Labute approximate surface area is 225 Å². The van der Waals surface area contributed by atoms with Crippen LogP contribution in [0.5, 0.6) is 0 Å². The number of alkyl halides is 3.